The summed E-state index contributed by atoms with van der Waals surface area (Å²) in [5.74, 6) is -0.896. The lowest BCUT2D eigenvalue weighted by molar-refractivity contribution is 0.0516. The number of nitrogens with two attached hydrogens (primary N) is 1. The van der Waals surface area contributed by atoms with E-state index in [4.69, 9.17) is 57.0 Å². The molecule has 114 valence electrons. The van der Waals surface area contributed by atoms with E-state index in [1.165, 1.54) is 18.2 Å². The number of hydrogen-bond acceptors (Lipinski definition) is 3. The number of rotatable bonds is 3. The van der Waals surface area contributed by atoms with Gasteiger partial charge >= 0.3 is 5.97 Å². The number of oxime groups is 1. The fraction of sp³-hybridized carbons (Fsp3) is 0. The van der Waals surface area contributed by atoms with Crippen LogP contribution < -0.4 is 5.73 Å². The van der Waals surface area contributed by atoms with Gasteiger partial charge < -0.3 is 10.6 Å². The van der Waals surface area contributed by atoms with Gasteiger partial charge in [0.2, 0.25) is 0 Å². The molecular formula is C14H8Cl4N2O2. The normalized spacial score (nSPS) is 11.4. The third-order valence-corrected chi connectivity index (χ3v) is 3.61. The first-order chi connectivity index (χ1) is 10.4. The van der Waals surface area contributed by atoms with Crippen molar-refractivity contribution in [1.82, 2.24) is 0 Å². The maximum Gasteiger partial charge on any atom is 0.365 e. The number of carbonyl (C=O) groups excluding carboxylic acids is 1. The predicted molar refractivity (Wildman–Crippen MR) is 89.1 cm³/mol. The van der Waals surface area contributed by atoms with Crippen LogP contribution in [0.15, 0.2) is 41.6 Å². The molecule has 22 heavy (non-hydrogen) atoms. The van der Waals surface area contributed by atoms with Gasteiger partial charge in [-0.1, -0.05) is 57.6 Å². The van der Waals surface area contributed by atoms with Gasteiger partial charge in [0, 0.05) is 10.0 Å². The van der Waals surface area contributed by atoms with E-state index in [1.807, 2.05) is 0 Å². The Hall–Kier alpha value is -1.46. The Kier molecular flexibility index (Phi) is 5.53. The molecule has 0 spiro atoms. The number of nitrogens with zero attached hydrogens (tertiary/aromatic N) is 1. The summed E-state index contributed by atoms with van der Waals surface area (Å²) < 4.78 is 0. The Labute approximate surface area is 146 Å². The van der Waals surface area contributed by atoms with Crippen molar-refractivity contribution in [3.63, 3.8) is 0 Å². The number of halogens is 4. The average Bonchev–Trinajstić information content (AvgIpc) is 2.43. The average molecular weight is 378 g/mol. The zero-order valence-electron chi connectivity index (χ0n) is 10.8. The van der Waals surface area contributed by atoms with E-state index >= 15 is 0 Å². The van der Waals surface area contributed by atoms with Crippen LogP contribution in [0, 0.1) is 0 Å². The molecular weight excluding hydrogens is 370 g/mol. The van der Waals surface area contributed by atoms with Gasteiger partial charge in [-0.15, -0.1) is 0 Å². The van der Waals surface area contributed by atoms with Crippen molar-refractivity contribution >= 4 is 58.2 Å². The molecule has 0 fully saturated rings. The van der Waals surface area contributed by atoms with E-state index in [0.29, 0.717) is 10.0 Å². The highest BCUT2D eigenvalue weighted by atomic mass is 35.5. The third kappa shape index (κ3) is 4.05. The number of benzene rings is 2. The molecule has 0 bridgehead atoms. The number of carbonyl (C=O) groups is 1. The summed E-state index contributed by atoms with van der Waals surface area (Å²) in [6.07, 6.45) is 0. The molecule has 0 aromatic heterocycles. The molecule has 0 unspecified atom stereocenters. The monoisotopic (exact) mass is 376 g/mol. The summed E-state index contributed by atoms with van der Waals surface area (Å²) in [7, 11) is 0. The summed E-state index contributed by atoms with van der Waals surface area (Å²) in [4.78, 5) is 16.6. The van der Waals surface area contributed by atoms with E-state index < -0.39 is 5.97 Å². The van der Waals surface area contributed by atoms with Gasteiger partial charge in [-0.25, -0.2) is 4.79 Å². The Morgan fingerprint density at radius 3 is 2.09 bits per heavy atom. The molecule has 0 atom stereocenters. The Morgan fingerprint density at radius 2 is 1.55 bits per heavy atom. The predicted octanol–water partition coefficient (Wildman–Crippen LogP) is 4.78. The molecule has 4 nitrogen and oxygen atoms in total. The van der Waals surface area contributed by atoms with Crippen LogP contribution in [0.1, 0.15) is 15.9 Å². The molecule has 2 N–H and O–H groups in total. The summed E-state index contributed by atoms with van der Waals surface area (Å²) in [6, 6.07) is 9.10. The van der Waals surface area contributed by atoms with E-state index in [2.05, 4.69) is 5.16 Å². The third-order valence-electron chi connectivity index (χ3n) is 2.54. The van der Waals surface area contributed by atoms with Gasteiger partial charge in [0.1, 0.15) is 0 Å². The largest absolute Gasteiger partial charge is 0.380 e. The molecule has 0 saturated heterocycles. The van der Waals surface area contributed by atoms with Crippen LogP contribution in [0.5, 0.6) is 0 Å². The molecule has 2 aromatic rings. The standard InChI is InChI=1S/C14H8Cl4N2O2/c15-8-4-7(5-9(16)6-8)14(21)22-20-13(19)12-10(17)2-1-3-11(12)18/h1-6H,(H2,19,20). The van der Waals surface area contributed by atoms with Gasteiger partial charge in [-0.3, -0.25) is 0 Å². The molecule has 2 rings (SSSR count). The van der Waals surface area contributed by atoms with Crippen LogP contribution in [0.2, 0.25) is 20.1 Å². The highest BCUT2D eigenvalue weighted by molar-refractivity contribution is 6.40. The summed E-state index contributed by atoms with van der Waals surface area (Å²) in [6.45, 7) is 0. The van der Waals surface area contributed by atoms with Crippen molar-refractivity contribution in [2.45, 2.75) is 0 Å². The molecule has 0 aliphatic rings. The Morgan fingerprint density at radius 1 is 1.00 bits per heavy atom. The second-order valence-corrected chi connectivity index (χ2v) is 5.80. The summed E-state index contributed by atoms with van der Waals surface area (Å²) in [5.41, 5.74) is 6.15. The number of hydrogen-bond donors (Lipinski definition) is 1. The lowest BCUT2D eigenvalue weighted by Crippen LogP contribution is -2.16. The van der Waals surface area contributed by atoms with Gasteiger partial charge in [-0.2, -0.15) is 0 Å². The van der Waals surface area contributed by atoms with Crippen LogP contribution >= 0.6 is 46.4 Å². The quantitative estimate of drug-likeness (QED) is 0.362. The van der Waals surface area contributed by atoms with E-state index in [9.17, 15) is 4.79 Å². The highest BCUT2D eigenvalue weighted by Crippen LogP contribution is 2.24. The minimum absolute atomic E-state index is 0.128. The van der Waals surface area contributed by atoms with Crippen molar-refractivity contribution in [3.8, 4) is 0 Å². The van der Waals surface area contributed by atoms with Crippen LogP contribution in [-0.4, -0.2) is 11.8 Å². The lowest BCUT2D eigenvalue weighted by atomic mass is 10.2. The van der Waals surface area contributed by atoms with Crippen molar-refractivity contribution in [2.24, 2.45) is 10.9 Å². The Bertz CT molecular complexity index is 722. The van der Waals surface area contributed by atoms with Crippen molar-refractivity contribution in [2.75, 3.05) is 0 Å². The first-order valence-electron chi connectivity index (χ1n) is 5.84. The van der Waals surface area contributed by atoms with Crippen LogP contribution in [-0.2, 0) is 4.84 Å². The van der Waals surface area contributed by atoms with Gasteiger partial charge in [0.15, 0.2) is 5.84 Å². The van der Waals surface area contributed by atoms with E-state index in [1.54, 1.807) is 18.2 Å². The first kappa shape index (κ1) is 16.9. The minimum atomic E-state index is -0.768. The minimum Gasteiger partial charge on any atom is -0.380 e. The summed E-state index contributed by atoms with van der Waals surface area (Å²) >= 11 is 23.6. The SMILES string of the molecule is N/C(=N\OC(=O)c1cc(Cl)cc(Cl)c1)c1c(Cl)cccc1Cl. The zero-order valence-corrected chi connectivity index (χ0v) is 13.8. The van der Waals surface area contributed by atoms with Gasteiger partial charge in [-0.05, 0) is 30.3 Å². The van der Waals surface area contributed by atoms with Crippen LogP contribution in [0.25, 0.3) is 0 Å². The molecule has 0 amide bonds. The maximum atomic E-state index is 11.9. The Balaban J connectivity index is 2.22. The van der Waals surface area contributed by atoms with Gasteiger partial charge in [0.25, 0.3) is 0 Å². The first-order valence-corrected chi connectivity index (χ1v) is 7.35. The van der Waals surface area contributed by atoms with E-state index in [0.717, 1.165) is 0 Å². The molecule has 0 radical (unpaired) electrons. The topological polar surface area (TPSA) is 64.7 Å². The molecule has 0 saturated carbocycles. The fourth-order valence-electron chi connectivity index (χ4n) is 1.60. The van der Waals surface area contributed by atoms with Crippen molar-refractivity contribution in [1.29, 1.82) is 0 Å². The number of amidine groups is 1. The molecule has 8 heteroatoms. The van der Waals surface area contributed by atoms with Crippen LogP contribution in [0.4, 0.5) is 0 Å². The summed E-state index contributed by atoms with van der Waals surface area (Å²) in [5, 5.41) is 4.71. The zero-order chi connectivity index (χ0) is 16.3. The maximum absolute atomic E-state index is 11.9. The van der Waals surface area contributed by atoms with E-state index in [-0.39, 0.29) is 27.0 Å². The second-order valence-electron chi connectivity index (χ2n) is 4.11. The van der Waals surface area contributed by atoms with Gasteiger partial charge in [0.05, 0.1) is 21.2 Å². The van der Waals surface area contributed by atoms with Crippen LogP contribution in [0.3, 0.4) is 0 Å². The smallest absolute Gasteiger partial charge is 0.365 e. The molecule has 0 heterocycles. The molecule has 2 aromatic carbocycles. The second kappa shape index (κ2) is 7.20. The van der Waals surface area contributed by atoms with Crippen molar-refractivity contribution in [3.05, 3.63) is 67.6 Å². The van der Waals surface area contributed by atoms with Crippen molar-refractivity contribution < 1.29 is 9.63 Å². The highest BCUT2D eigenvalue weighted by Gasteiger charge is 2.13. The fourth-order valence-corrected chi connectivity index (χ4v) is 2.72. The molecule has 0 aliphatic heterocycles. The lowest BCUT2D eigenvalue weighted by Gasteiger charge is -2.05. The molecule has 0 aliphatic carbocycles.